The fraction of sp³-hybridized carbons (Fsp3) is 0.391. The summed E-state index contributed by atoms with van der Waals surface area (Å²) < 4.78 is 7.57. The molecule has 1 unspecified atom stereocenters. The topological polar surface area (TPSA) is 66.2 Å². The molecule has 7 heteroatoms. The van der Waals surface area contributed by atoms with Crippen molar-refractivity contribution in [2.45, 2.75) is 25.8 Å². The molecule has 0 saturated carbocycles. The molecule has 0 bridgehead atoms. The predicted octanol–water partition coefficient (Wildman–Crippen LogP) is 2.72. The van der Waals surface area contributed by atoms with Crippen molar-refractivity contribution >= 4 is 17.3 Å². The number of anilines is 1. The second-order valence-electron chi connectivity index (χ2n) is 7.46. The Morgan fingerprint density at radius 2 is 2.10 bits per heavy atom. The monoisotopic (exact) mass is 406 g/mol. The van der Waals surface area contributed by atoms with E-state index in [0.717, 1.165) is 61.2 Å². The molecular weight excluding hydrogens is 376 g/mol. The number of methoxy groups -OCH3 is 1. The summed E-state index contributed by atoms with van der Waals surface area (Å²) in [5, 5.41) is 6.97. The molecule has 7 nitrogen and oxygen atoms in total. The minimum Gasteiger partial charge on any atom is -0.495 e. The van der Waals surface area contributed by atoms with Crippen molar-refractivity contribution in [2.24, 2.45) is 4.99 Å². The van der Waals surface area contributed by atoms with Crippen LogP contribution < -0.4 is 20.3 Å². The zero-order chi connectivity index (χ0) is 20.8. The van der Waals surface area contributed by atoms with Crippen LogP contribution in [0.3, 0.4) is 0 Å². The highest BCUT2D eigenvalue weighted by Gasteiger charge is 2.25. The SMILES string of the molecule is CCNC(=NCCc1cn2ccccc2n1)NC1CCN(c2ccccc2OC)C1. The molecule has 1 atom stereocenters. The lowest BCUT2D eigenvalue weighted by Gasteiger charge is -2.22. The molecule has 1 saturated heterocycles. The Balaban J connectivity index is 1.35. The van der Waals surface area contributed by atoms with Gasteiger partial charge in [-0.3, -0.25) is 4.99 Å². The zero-order valence-electron chi connectivity index (χ0n) is 17.7. The minimum atomic E-state index is 0.350. The number of rotatable bonds is 7. The molecule has 1 aliphatic heterocycles. The highest BCUT2D eigenvalue weighted by atomic mass is 16.5. The molecule has 3 aromatic rings. The molecule has 2 aromatic heterocycles. The molecule has 1 aromatic carbocycles. The number of nitrogens with one attached hydrogen (secondary N) is 2. The third kappa shape index (κ3) is 4.67. The van der Waals surface area contributed by atoms with E-state index in [2.05, 4.69) is 45.8 Å². The van der Waals surface area contributed by atoms with E-state index in [1.807, 2.05) is 40.9 Å². The number of para-hydroxylation sites is 2. The molecule has 0 radical (unpaired) electrons. The first-order valence-electron chi connectivity index (χ1n) is 10.6. The van der Waals surface area contributed by atoms with Crippen molar-refractivity contribution in [3.63, 3.8) is 0 Å². The highest BCUT2D eigenvalue weighted by Crippen LogP contribution is 2.30. The largest absolute Gasteiger partial charge is 0.495 e. The van der Waals surface area contributed by atoms with Crippen molar-refractivity contribution in [1.82, 2.24) is 20.0 Å². The maximum absolute atomic E-state index is 5.52. The average Bonchev–Trinajstić information content (AvgIpc) is 3.40. The second-order valence-corrected chi connectivity index (χ2v) is 7.46. The number of pyridine rings is 1. The number of imidazole rings is 1. The van der Waals surface area contributed by atoms with E-state index >= 15 is 0 Å². The maximum atomic E-state index is 5.52. The zero-order valence-corrected chi connectivity index (χ0v) is 17.7. The Kier molecular flexibility index (Phi) is 6.37. The van der Waals surface area contributed by atoms with Crippen molar-refractivity contribution in [1.29, 1.82) is 0 Å². The van der Waals surface area contributed by atoms with Crippen LogP contribution in [0.5, 0.6) is 5.75 Å². The number of aromatic nitrogens is 2. The lowest BCUT2D eigenvalue weighted by atomic mass is 10.2. The third-order valence-electron chi connectivity index (χ3n) is 5.35. The summed E-state index contributed by atoms with van der Waals surface area (Å²) in [7, 11) is 1.73. The van der Waals surface area contributed by atoms with Gasteiger partial charge < -0.3 is 24.7 Å². The smallest absolute Gasteiger partial charge is 0.191 e. The number of guanidine groups is 1. The van der Waals surface area contributed by atoms with Crippen molar-refractivity contribution in [2.75, 3.05) is 38.2 Å². The van der Waals surface area contributed by atoms with Gasteiger partial charge in [-0.25, -0.2) is 4.98 Å². The van der Waals surface area contributed by atoms with Gasteiger partial charge >= 0.3 is 0 Å². The van der Waals surface area contributed by atoms with Gasteiger partial charge in [0.2, 0.25) is 0 Å². The van der Waals surface area contributed by atoms with Crippen LogP contribution in [0.4, 0.5) is 5.69 Å². The number of benzene rings is 1. The summed E-state index contributed by atoms with van der Waals surface area (Å²) in [5.41, 5.74) is 3.19. The summed E-state index contributed by atoms with van der Waals surface area (Å²) in [6, 6.07) is 14.6. The van der Waals surface area contributed by atoms with Crippen LogP contribution in [0.1, 0.15) is 19.0 Å². The Hall–Kier alpha value is -3.22. The van der Waals surface area contributed by atoms with Crippen molar-refractivity contribution < 1.29 is 4.74 Å². The van der Waals surface area contributed by atoms with E-state index in [0.29, 0.717) is 12.6 Å². The number of hydrogen-bond acceptors (Lipinski definition) is 4. The first-order chi connectivity index (χ1) is 14.8. The molecular formula is C23H30N6O. The quantitative estimate of drug-likeness (QED) is 0.467. The number of aliphatic imine (C=N–C) groups is 1. The summed E-state index contributed by atoms with van der Waals surface area (Å²) in [6.07, 6.45) is 5.98. The van der Waals surface area contributed by atoms with Crippen LogP contribution in [0.2, 0.25) is 0 Å². The van der Waals surface area contributed by atoms with Gasteiger partial charge in [-0.1, -0.05) is 18.2 Å². The molecule has 1 fully saturated rings. The number of hydrogen-bond donors (Lipinski definition) is 2. The molecule has 0 spiro atoms. The molecule has 0 amide bonds. The van der Waals surface area contributed by atoms with Gasteiger partial charge in [0.25, 0.3) is 0 Å². The molecule has 3 heterocycles. The van der Waals surface area contributed by atoms with Gasteiger partial charge in [0.05, 0.1) is 18.5 Å². The van der Waals surface area contributed by atoms with Gasteiger partial charge in [-0.2, -0.15) is 0 Å². The van der Waals surface area contributed by atoms with Crippen LogP contribution in [0.25, 0.3) is 5.65 Å². The summed E-state index contributed by atoms with van der Waals surface area (Å²) in [5.74, 6) is 1.79. The minimum absolute atomic E-state index is 0.350. The van der Waals surface area contributed by atoms with E-state index in [1.54, 1.807) is 7.11 Å². The first kappa shape index (κ1) is 20.1. The lowest BCUT2D eigenvalue weighted by molar-refractivity contribution is 0.415. The van der Waals surface area contributed by atoms with Crippen LogP contribution in [0, 0.1) is 0 Å². The maximum Gasteiger partial charge on any atom is 0.191 e. The van der Waals surface area contributed by atoms with E-state index in [9.17, 15) is 0 Å². The molecule has 30 heavy (non-hydrogen) atoms. The van der Waals surface area contributed by atoms with Crippen molar-refractivity contribution in [3.8, 4) is 5.75 Å². The summed E-state index contributed by atoms with van der Waals surface area (Å²) in [6.45, 7) is 5.55. The Morgan fingerprint density at radius 1 is 1.23 bits per heavy atom. The van der Waals surface area contributed by atoms with E-state index in [-0.39, 0.29) is 0 Å². The Morgan fingerprint density at radius 3 is 2.93 bits per heavy atom. The van der Waals surface area contributed by atoms with E-state index in [4.69, 9.17) is 9.73 Å². The van der Waals surface area contributed by atoms with E-state index in [1.165, 1.54) is 0 Å². The predicted molar refractivity (Wildman–Crippen MR) is 122 cm³/mol. The van der Waals surface area contributed by atoms with Crippen LogP contribution in [0.15, 0.2) is 59.9 Å². The van der Waals surface area contributed by atoms with Gasteiger partial charge in [0, 0.05) is 51.0 Å². The van der Waals surface area contributed by atoms with Crippen LogP contribution in [-0.4, -0.2) is 54.7 Å². The van der Waals surface area contributed by atoms with Gasteiger partial charge in [0.1, 0.15) is 11.4 Å². The summed E-state index contributed by atoms with van der Waals surface area (Å²) >= 11 is 0. The highest BCUT2D eigenvalue weighted by molar-refractivity contribution is 5.80. The Bertz CT molecular complexity index is 965. The Labute approximate surface area is 177 Å². The molecule has 158 valence electrons. The fourth-order valence-electron chi connectivity index (χ4n) is 3.89. The molecule has 4 rings (SSSR count). The number of fused-ring (bicyclic) bond motifs is 1. The number of ether oxygens (including phenoxy) is 1. The average molecular weight is 407 g/mol. The van der Waals surface area contributed by atoms with Crippen LogP contribution in [-0.2, 0) is 6.42 Å². The normalized spacial score (nSPS) is 16.8. The second kappa shape index (κ2) is 9.52. The first-order valence-corrected chi connectivity index (χ1v) is 10.6. The van der Waals surface area contributed by atoms with Gasteiger partial charge in [-0.05, 0) is 37.6 Å². The van der Waals surface area contributed by atoms with Crippen LogP contribution >= 0.6 is 0 Å². The fourth-order valence-corrected chi connectivity index (χ4v) is 3.89. The lowest BCUT2D eigenvalue weighted by Crippen LogP contribution is -2.44. The van der Waals surface area contributed by atoms with Gasteiger partial charge in [-0.15, -0.1) is 0 Å². The summed E-state index contributed by atoms with van der Waals surface area (Å²) in [4.78, 5) is 11.8. The molecule has 0 aliphatic carbocycles. The standard InChI is InChI=1S/C23H30N6O/c1-3-24-23(25-13-11-18-17-29-14-7-6-10-22(29)26-18)27-19-12-15-28(16-19)20-8-4-5-9-21(20)30-2/h4-10,14,17,19H,3,11-13,15-16H2,1-2H3,(H2,24,25,27). The molecule has 1 aliphatic rings. The third-order valence-corrected chi connectivity index (χ3v) is 5.35. The van der Waals surface area contributed by atoms with Crippen molar-refractivity contribution in [3.05, 3.63) is 60.6 Å². The molecule has 2 N–H and O–H groups in total. The van der Waals surface area contributed by atoms with Gasteiger partial charge in [0.15, 0.2) is 5.96 Å². The number of nitrogens with zero attached hydrogens (tertiary/aromatic N) is 4. The van der Waals surface area contributed by atoms with E-state index < -0.39 is 0 Å².